The quantitative estimate of drug-likeness (QED) is 0.483. The lowest BCUT2D eigenvalue weighted by Crippen LogP contribution is -2.16. The minimum absolute atomic E-state index is 0.979. The van der Waals surface area contributed by atoms with Crippen molar-refractivity contribution in [2.24, 2.45) is 0 Å². The van der Waals surface area contributed by atoms with Gasteiger partial charge in [0, 0.05) is 6.42 Å². The van der Waals surface area contributed by atoms with Gasteiger partial charge in [-0.05, 0) is 49.2 Å². The number of fused-ring (bicyclic) bond motifs is 2. The van der Waals surface area contributed by atoms with Crippen LogP contribution in [0.5, 0.6) is 11.5 Å². The third kappa shape index (κ3) is 6.91. The van der Waals surface area contributed by atoms with Crippen LogP contribution in [0.2, 0.25) is 0 Å². The fraction of sp³-hybridized carbons (Fsp3) is 0.478. The molecule has 0 saturated heterocycles. The molecule has 0 amide bonds. The normalized spacial score (nSPS) is 11.6. The maximum atomic E-state index is 5.78. The molecule has 0 saturated carbocycles. The summed E-state index contributed by atoms with van der Waals surface area (Å²) < 4.78 is 5.78. The molecule has 0 radical (unpaired) electrons. The number of hydrogen-bond donors (Lipinski definition) is 1. The molecule has 1 aliphatic rings. The van der Waals surface area contributed by atoms with Crippen molar-refractivity contribution in [1.82, 2.24) is 5.32 Å². The van der Waals surface area contributed by atoms with Crippen LogP contribution in [0.25, 0.3) is 0 Å². The maximum Gasteiger partial charge on any atom is 0.130 e. The van der Waals surface area contributed by atoms with Gasteiger partial charge < -0.3 is 10.1 Å². The first-order chi connectivity index (χ1) is 12.3. The highest BCUT2D eigenvalue weighted by molar-refractivity contribution is 5.49. The Morgan fingerprint density at radius 1 is 0.720 bits per heavy atom. The van der Waals surface area contributed by atoms with E-state index < -0.39 is 0 Å². The second-order valence-electron chi connectivity index (χ2n) is 6.66. The Bertz CT molecular complexity index is 513. The Balaban J connectivity index is 0.000000188. The second-order valence-corrected chi connectivity index (χ2v) is 6.66. The van der Waals surface area contributed by atoms with Crippen LogP contribution in [0.1, 0.15) is 63.5 Å². The van der Waals surface area contributed by atoms with Crippen LogP contribution in [-0.4, -0.2) is 13.1 Å². The molecule has 2 nitrogen and oxygen atoms in total. The first kappa shape index (κ1) is 19.5. The Morgan fingerprint density at radius 3 is 1.68 bits per heavy atom. The standard InChI is InChI=1S/C13H10O.C10H23N/c1-3-7-12-10(5-1)9-11-6-2-4-8-13(11)14-12;1-3-5-7-9-11-10-8-6-4-2/h1-8H,9H2;11H,3-10H2,1-2H3. The molecule has 0 fully saturated rings. The van der Waals surface area contributed by atoms with E-state index in [1.165, 1.54) is 62.7 Å². The second kappa shape index (κ2) is 11.7. The van der Waals surface area contributed by atoms with Gasteiger partial charge in [0.2, 0.25) is 0 Å². The number of rotatable bonds is 8. The zero-order chi connectivity index (χ0) is 17.7. The minimum atomic E-state index is 0.979. The van der Waals surface area contributed by atoms with Crippen LogP contribution in [0.15, 0.2) is 48.5 Å². The first-order valence-corrected chi connectivity index (χ1v) is 9.89. The average Bonchev–Trinajstić information content (AvgIpc) is 2.66. The SMILES string of the molecule is CCCCCNCCCCC.c1ccc2c(c1)Cc1ccccc1O2. The number of ether oxygens (including phenoxy) is 1. The van der Waals surface area contributed by atoms with Crippen LogP contribution < -0.4 is 10.1 Å². The number of para-hydroxylation sites is 2. The molecule has 2 heteroatoms. The van der Waals surface area contributed by atoms with E-state index in [2.05, 4.69) is 43.4 Å². The fourth-order valence-corrected chi connectivity index (χ4v) is 2.95. The fourth-order valence-electron chi connectivity index (χ4n) is 2.95. The van der Waals surface area contributed by atoms with E-state index in [9.17, 15) is 0 Å². The first-order valence-electron chi connectivity index (χ1n) is 9.89. The smallest absolute Gasteiger partial charge is 0.130 e. The highest BCUT2D eigenvalue weighted by Gasteiger charge is 2.14. The summed E-state index contributed by atoms with van der Waals surface area (Å²) in [5.41, 5.74) is 2.54. The van der Waals surface area contributed by atoms with Crippen LogP contribution in [0.4, 0.5) is 0 Å². The summed E-state index contributed by atoms with van der Waals surface area (Å²) in [5.74, 6) is 1.98. The summed E-state index contributed by atoms with van der Waals surface area (Å²) in [6.07, 6.45) is 9.09. The molecule has 0 unspecified atom stereocenters. The molecule has 0 bridgehead atoms. The minimum Gasteiger partial charge on any atom is -0.457 e. The van der Waals surface area contributed by atoms with Crippen molar-refractivity contribution in [3.05, 3.63) is 59.7 Å². The van der Waals surface area contributed by atoms with E-state index in [0.717, 1.165) is 17.9 Å². The third-order valence-corrected chi connectivity index (χ3v) is 4.46. The van der Waals surface area contributed by atoms with Gasteiger partial charge in [0.1, 0.15) is 11.5 Å². The zero-order valence-electron chi connectivity index (χ0n) is 15.9. The average molecular weight is 340 g/mol. The topological polar surface area (TPSA) is 21.3 Å². The summed E-state index contributed by atoms with van der Waals surface area (Å²) >= 11 is 0. The number of nitrogens with one attached hydrogen (secondary N) is 1. The molecule has 25 heavy (non-hydrogen) atoms. The van der Waals surface area contributed by atoms with Gasteiger partial charge in [0.05, 0.1) is 0 Å². The lowest BCUT2D eigenvalue weighted by molar-refractivity contribution is 0.460. The largest absolute Gasteiger partial charge is 0.457 e. The molecule has 0 spiro atoms. The van der Waals surface area contributed by atoms with Crippen LogP contribution in [0.3, 0.4) is 0 Å². The van der Waals surface area contributed by atoms with Gasteiger partial charge >= 0.3 is 0 Å². The van der Waals surface area contributed by atoms with Crippen molar-refractivity contribution in [1.29, 1.82) is 0 Å². The molecule has 3 rings (SSSR count). The van der Waals surface area contributed by atoms with Gasteiger partial charge in [-0.2, -0.15) is 0 Å². The van der Waals surface area contributed by atoms with E-state index in [1.807, 2.05) is 24.3 Å². The van der Waals surface area contributed by atoms with E-state index in [1.54, 1.807) is 0 Å². The molecule has 136 valence electrons. The molecule has 0 aromatic heterocycles. The molecule has 1 heterocycles. The summed E-state index contributed by atoms with van der Waals surface area (Å²) in [7, 11) is 0. The van der Waals surface area contributed by atoms with Crippen molar-refractivity contribution in [2.75, 3.05) is 13.1 Å². The number of hydrogen-bond acceptors (Lipinski definition) is 2. The predicted molar refractivity (Wildman–Crippen MR) is 108 cm³/mol. The summed E-state index contributed by atoms with van der Waals surface area (Å²) in [4.78, 5) is 0. The van der Waals surface area contributed by atoms with Gasteiger partial charge in [-0.3, -0.25) is 0 Å². The lowest BCUT2D eigenvalue weighted by Gasteiger charge is -2.19. The van der Waals surface area contributed by atoms with Crippen molar-refractivity contribution in [2.45, 2.75) is 58.8 Å². The Labute approximate surface area is 153 Å². The monoisotopic (exact) mass is 339 g/mol. The molecular weight excluding hydrogens is 306 g/mol. The van der Waals surface area contributed by atoms with Crippen LogP contribution >= 0.6 is 0 Å². The zero-order valence-corrected chi connectivity index (χ0v) is 15.9. The van der Waals surface area contributed by atoms with E-state index in [0.29, 0.717) is 0 Å². The van der Waals surface area contributed by atoms with Gasteiger partial charge in [-0.1, -0.05) is 75.9 Å². The Morgan fingerprint density at radius 2 is 1.20 bits per heavy atom. The van der Waals surface area contributed by atoms with Crippen molar-refractivity contribution in [3.8, 4) is 11.5 Å². The van der Waals surface area contributed by atoms with Crippen molar-refractivity contribution >= 4 is 0 Å². The molecule has 1 aliphatic heterocycles. The van der Waals surface area contributed by atoms with Crippen molar-refractivity contribution in [3.63, 3.8) is 0 Å². The van der Waals surface area contributed by atoms with Gasteiger partial charge in [0.15, 0.2) is 0 Å². The third-order valence-electron chi connectivity index (χ3n) is 4.46. The lowest BCUT2D eigenvalue weighted by atomic mass is 10.0. The number of benzene rings is 2. The van der Waals surface area contributed by atoms with E-state index in [-0.39, 0.29) is 0 Å². The maximum absolute atomic E-state index is 5.78. The van der Waals surface area contributed by atoms with Crippen LogP contribution in [-0.2, 0) is 6.42 Å². The van der Waals surface area contributed by atoms with Crippen molar-refractivity contribution < 1.29 is 4.74 Å². The van der Waals surface area contributed by atoms with Gasteiger partial charge in [-0.15, -0.1) is 0 Å². The summed E-state index contributed by atoms with van der Waals surface area (Å²) in [6.45, 7) is 6.93. The Hall–Kier alpha value is -1.80. The predicted octanol–water partition coefficient (Wildman–Crippen LogP) is 6.34. The highest BCUT2D eigenvalue weighted by atomic mass is 16.5. The molecule has 0 aliphatic carbocycles. The summed E-state index contributed by atoms with van der Waals surface area (Å²) in [5, 5.41) is 3.46. The summed E-state index contributed by atoms with van der Waals surface area (Å²) in [6, 6.07) is 16.4. The highest BCUT2D eigenvalue weighted by Crippen LogP contribution is 2.35. The molecular formula is C23H33NO. The van der Waals surface area contributed by atoms with Gasteiger partial charge in [-0.25, -0.2) is 0 Å². The van der Waals surface area contributed by atoms with E-state index in [4.69, 9.17) is 4.74 Å². The Kier molecular flexibility index (Phi) is 9.14. The molecule has 0 atom stereocenters. The van der Waals surface area contributed by atoms with Gasteiger partial charge in [0.25, 0.3) is 0 Å². The molecule has 1 N–H and O–H groups in total. The number of unbranched alkanes of at least 4 members (excludes halogenated alkanes) is 4. The van der Waals surface area contributed by atoms with E-state index >= 15 is 0 Å². The molecule has 2 aromatic carbocycles. The van der Waals surface area contributed by atoms with Crippen LogP contribution in [0, 0.1) is 0 Å². The molecule has 2 aromatic rings.